The van der Waals surface area contributed by atoms with E-state index in [4.69, 9.17) is 4.79 Å². The first-order valence-electron chi connectivity index (χ1n) is 17.2. The number of aryl methyl sites for hydroxylation is 2. The van der Waals surface area contributed by atoms with Crippen molar-refractivity contribution in [3.8, 4) is 11.1 Å². The SMILES string of the molecule is [C]=O.[Cl-].[Cl-].[Cl-].[Rh+3].c1ccc(P(c2ccccc2)c2ccc3c(c2-c2c(P(c4ccccc4)c4ccccc4)ccc4c2CCCC4)CCCC3)cc1. The van der Waals surface area contributed by atoms with E-state index in [1.807, 2.05) is 0 Å². The molecule has 2 aliphatic carbocycles. The summed E-state index contributed by atoms with van der Waals surface area (Å²) in [6.45, 7) is 4.50. The van der Waals surface area contributed by atoms with Crippen LogP contribution in [0, 0.1) is 0 Å². The van der Waals surface area contributed by atoms with Crippen molar-refractivity contribution in [3.63, 3.8) is 0 Å². The quantitative estimate of drug-likeness (QED) is 0.153. The zero-order valence-electron chi connectivity index (χ0n) is 28.8. The van der Waals surface area contributed by atoms with Gasteiger partial charge in [-0.05, 0) is 132 Å². The van der Waals surface area contributed by atoms with Crippen LogP contribution in [0.1, 0.15) is 47.9 Å². The smallest absolute Gasteiger partial charge is 1.00 e. The van der Waals surface area contributed by atoms with E-state index in [0.717, 1.165) is 0 Å². The molecule has 2 radical (unpaired) electrons. The van der Waals surface area contributed by atoms with E-state index < -0.39 is 15.8 Å². The van der Waals surface area contributed by atoms with E-state index >= 15 is 0 Å². The monoisotopic (exact) mass is 866 g/mol. The zero-order valence-corrected chi connectivity index (χ0v) is 34.5. The number of hydrogen-bond acceptors (Lipinski definition) is 1. The Kier molecular flexibility index (Phi) is 17.9. The molecule has 0 heterocycles. The van der Waals surface area contributed by atoms with E-state index in [-0.39, 0.29) is 56.7 Å². The van der Waals surface area contributed by atoms with Crippen molar-refractivity contribution in [1.82, 2.24) is 0 Å². The Morgan fingerprint density at radius 1 is 0.365 bits per heavy atom. The molecule has 0 bridgehead atoms. The second-order valence-electron chi connectivity index (χ2n) is 12.6. The van der Waals surface area contributed by atoms with E-state index in [0.29, 0.717) is 0 Å². The van der Waals surface area contributed by atoms with Gasteiger partial charge in [-0.1, -0.05) is 146 Å². The van der Waals surface area contributed by atoms with Crippen molar-refractivity contribution < 1.29 is 61.5 Å². The van der Waals surface area contributed by atoms with Crippen LogP contribution in [0.3, 0.4) is 0 Å². The molecule has 0 fully saturated rings. The largest absolute Gasteiger partial charge is 3.00 e. The second-order valence-corrected chi connectivity index (χ2v) is 17.0. The number of halogens is 3. The third-order valence-electron chi connectivity index (χ3n) is 9.81. The first-order chi connectivity index (χ1) is 23.9. The van der Waals surface area contributed by atoms with Gasteiger partial charge in [-0.15, -0.1) is 0 Å². The van der Waals surface area contributed by atoms with Crippen molar-refractivity contribution in [3.05, 3.63) is 168 Å². The molecule has 0 aromatic heterocycles. The first-order valence-corrected chi connectivity index (χ1v) is 19.9. The molecule has 0 saturated heterocycles. The third kappa shape index (κ3) is 9.16. The fraction of sp³-hybridized carbons (Fsp3) is 0.178. The van der Waals surface area contributed by atoms with E-state index in [9.17, 15) is 0 Å². The van der Waals surface area contributed by atoms with Crippen LogP contribution in [0.5, 0.6) is 0 Å². The van der Waals surface area contributed by atoms with E-state index in [2.05, 4.69) is 152 Å². The average Bonchev–Trinajstić information content (AvgIpc) is 3.17. The Morgan fingerprint density at radius 2 is 0.635 bits per heavy atom. The van der Waals surface area contributed by atoms with Crippen molar-refractivity contribution >= 4 is 54.5 Å². The van der Waals surface area contributed by atoms with Gasteiger partial charge in [0.05, 0.1) is 0 Å². The second kappa shape index (κ2) is 21.3. The van der Waals surface area contributed by atoms with Gasteiger partial charge in [0.2, 0.25) is 0 Å². The molecule has 0 atom stereocenters. The Morgan fingerprint density at radius 3 is 0.923 bits per heavy atom. The summed E-state index contributed by atoms with van der Waals surface area (Å²) in [4.78, 5) is 7.50. The summed E-state index contributed by atoms with van der Waals surface area (Å²) in [6, 6.07) is 55.5. The number of hydrogen-bond donors (Lipinski definition) is 0. The maximum absolute atomic E-state index is 7.50. The Bertz CT molecular complexity index is 1760. The molecule has 52 heavy (non-hydrogen) atoms. The predicted molar refractivity (Wildman–Crippen MR) is 208 cm³/mol. The molecule has 266 valence electrons. The van der Waals surface area contributed by atoms with Crippen LogP contribution >= 0.6 is 15.8 Å². The number of benzene rings is 6. The van der Waals surface area contributed by atoms with Gasteiger partial charge in [0.15, 0.2) is 0 Å². The zero-order chi connectivity index (χ0) is 32.7. The molecule has 0 aliphatic heterocycles. The van der Waals surface area contributed by atoms with Crippen LogP contribution in [0.25, 0.3) is 11.1 Å². The molecular weight excluding hydrogens is 828 g/mol. The molecule has 0 spiro atoms. The maximum Gasteiger partial charge on any atom is 3.00 e. The molecule has 8 rings (SSSR count). The minimum Gasteiger partial charge on any atom is -1.00 e. The summed E-state index contributed by atoms with van der Waals surface area (Å²) in [5.74, 6) is 0. The average molecular weight is 868 g/mol. The van der Waals surface area contributed by atoms with Crippen molar-refractivity contribution in [1.29, 1.82) is 0 Å². The summed E-state index contributed by atoms with van der Waals surface area (Å²) in [7, 11) is -1.50. The number of rotatable bonds is 7. The molecular formula is C45H40Cl3OP2Rh. The summed E-state index contributed by atoms with van der Waals surface area (Å²) < 4.78 is 0. The van der Waals surface area contributed by atoms with Crippen LogP contribution in [0.4, 0.5) is 0 Å². The fourth-order valence-electron chi connectivity index (χ4n) is 7.72. The molecule has 7 heteroatoms. The van der Waals surface area contributed by atoms with E-state index in [1.54, 1.807) is 33.4 Å². The van der Waals surface area contributed by atoms with Gasteiger partial charge >= 0.3 is 19.5 Å². The normalized spacial score (nSPS) is 12.7. The summed E-state index contributed by atoms with van der Waals surface area (Å²) in [6.07, 6.45) is 9.84. The molecule has 6 aromatic carbocycles. The predicted octanol–water partition coefficient (Wildman–Crippen LogP) is -0.760. The van der Waals surface area contributed by atoms with Gasteiger partial charge in [0, 0.05) is 0 Å². The fourth-order valence-corrected chi connectivity index (χ4v) is 12.7. The third-order valence-corrected chi connectivity index (χ3v) is 14.8. The molecule has 0 amide bonds. The maximum atomic E-state index is 7.50. The summed E-state index contributed by atoms with van der Waals surface area (Å²) in [5, 5.41) is 8.79. The molecule has 0 N–H and O–H groups in total. The number of carbonyl (C=O) groups excluding carboxylic acids is 1. The molecule has 1 nitrogen and oxygen atoms in total. The van der Waals surface area contributed by atoms with Crippen LogP contribution in [0.2, 0.25) is 0 Å². The first kappa shape index (κ1) is 43.7. The molecule has 0 saturated carbocycles. The van der Waals surface area contributed by atoms with Gasteiger partial charge in [-0.25, -0.2) is 0 Å². The summed E-state index contributed by atoms with van der Waals surface area (Å²) >= 11 is 0. The summed E-state index contributed by atoms with van der Waals surface area (Å²) in [5.41, 5.74) is 9.54. The van der Waals surface area contributed by atoms with Gasteiger partial charge in [-0.2, -0.15) is 0 Å². The topological polar surface area (TPSA) is 17.1 Å². The van der Waals surface area contributed by atoms with Crippen LogP contribution in [-0.2, 0) is 50.0 Å². The Labute approximate surface area is 343 Å². The molecule has 2 aliphatic rings. The standard InChI is InChI=1S/C44H40P2.CO.3ClH.Rh/c1-5-19-35(20-6-1)45(36-21-7-2-8-22-36)41-31-29-33-17-13-15-27-39(33)43(41)44-40-28-16-14-18-34(40)30-32-42(44)46(37-23-9-3-10-24-37)38-25-11-4-12-26-38;1-2;;;;/h1-12,19-26,29-32H,13-18,27-28H2;;3*1H;/q;;;;;+3/p-3. The van der Waals surface area contributed by atoms with Crippen LogP contribution in [-0.4, -0.2) is 6.79 Å². The van der Waals surface area contributed by atoms with Gasteiger partial charge < -0.3 is 37.2 Å². The Balaban J connectivity index is 0.00000120. The minimum absolute atomic E-state index is 0. The van der Waals surface area contributed by atoms with Crippen molar-refractivity contribution in [2.75, 3.05) is 0 Å². The van der Waals surface area contributed by atoms with Crippen molar-refractivity contribution in [2.24, 2.45) is 0 Å². The van der Waals surface area contributed by atoms with Crippen LogP contribution in [0.15, 0.2) is 146 Å². The molecule has 6 aromatic rings. The van der Waals surface area contributed by atoms with Crippen molar-refractivity contribution in [2.45, 2.75) is 51.4 Å². The van der Waals surface area contributed by atoms with Crippen LogP contribution < -0.4 is 69.0 Å². The number of fused-ring (bicyclic) bond motifs is 2. The van der Waals surface area contributed by atoms with Gasteiger partial charge in [0.25, 0.3) is 6.79 Å². The van der Waals surface area contributed by atoms with E-state index in [1.165, 1.54) is 83.2 Å². The Hall–Kier alpha value is -2.66. The molecule has 0 unspecified atom stereocenters. The van der Waals surface area contributed by atoms with Gasteiger partial charge in [-0.3, -0.25) is 4.79 Å². The van der Waals surface area contributed by atoms with Gasteiger partial charge in [0.1, 0.15) is 0 Å². The minimum atomic E-state index is -0.752.